The van der Waals surface area contributed by atoms with E-state index in [0.29, 0.717) is 0 Å². The van der Waals surface area contributed by atoms with Crippen molar-refractivity contribution in [3.05, 3.63) is 59.9 Å². The second-order valence-corrected chi connectivity index (χ2v) is 4.91. The molecule has 1 N–H and O–H groups in total. The first-order chi connectivity index (χ1) is 12.1. The zero-order chi connectivity index (χ0) is 17.8. The molecule has 8 nitrogen and oxygen atoms in total. The second-order valence-electron chi connectivity index (χ2n) is 4.91. The van der Waals surface area contributed by atoms with Gasteiger partial charge in [-0.15, -0.1) is 5.10 Å². The van der Waals surface area contributed by atoms with Crippen LogP contribution < -0.4 is 4.74 Å². The molecule has 10 heteroatoms. The van der Waals surface area contributed by atoms with E-state index < -0.39 is 17.7 Å². The van der Waals surface area contributed by atoms with Crippen LogP contribution in [0.4, 0.5) is 8.78 Å². The van der Waals surface area contributed by atoms with Gasteiger partial charge in [0.05, 0.1) is 18.1 Å². The third-order valence-corrected chi connectivity index (χ3v) is 3.24. The molecule has 3 rings (SSSR count). The molecule has 25 heavy (non-hydrogen) atoms. The van der Waals surface area contributed by atoms with Gasteiger partial charge in [0.25, 0.3) is 0 Å². The first-order valence-electron chi connectivity index (χ1n) is 7.07. The Morgan fingerprint density at radius 2 is 2.04 bits per heavy atom. The normalized spacial score (nSPS) is 12.2. The highest BCUT2D eigenvalue weighted by Gasteiger charge is 2.19. The summed E-state index contributed by atoms with van der Waals surface area (Å²) in [5.41, 5.74) is 0.178. The molecule has 2 heterocycles. The first-order valence-corrected chi connectivity index (χ1v) is 7.07. The Bertz CT molecular complexity index is 860. The maximum atomic E-state index is 14.2. The summed E-state index contributed by atoms with van der Waals surface area (Å²) in [7, 11) is 1.36. The van der Waals surface area contributed by atoms with E-state index in [1.807, 2.05) is 0 Å². The second kappa shape index (κ2) is 7.28. The van der Waals surface area contributed by atoms with Gasteiger partial charge in [-0.3, -0.25) is 9.97 Å². The summed E-state index contributed by atoms with van der Waals surface area (Å²) in [6.45, 7) is -0.215. The summed E-state index contributed by atoms with van der Waals surface area (Å²) in [6.07, 6.45) is 4.31. The first kappa shape index (κ1) is 16.9. The Labute approximate surface area is 140 Å². The minimum absolute atomic E-state index is 0.111. The van der Waals surface area contributed by atoms with Crippen LogP contribution in [0.15, 0.2) is 36.9 Å². The third-order valence-electron chi connectivity index (χ3n) is 3.24. The molecule has 0 aliphatic heterocycles. The minimum Gasteiger partial charge on any atom is -0.464 e. The van der Waals surface area contributed by atoms with Crippen LogP contribution in [-0.4, -0.2) is 44.0 Å². The number of ether oxygens (including phenoxy) is 2. The highest BCUT2D eigenvalue weighted by molar-refractivity contribution is 5.40. The summed E-state index contributed by atoms with van der Waals surface area (Å²) in [5.74, 6) is -1.86. The number of methoxy groups -OCH3 is 1. The zero-order valence-corrected chi connectivity index (χ0v) is 13.0. The molecule has 0 bridgehead atoms. The van der Waals surface area contributed by atoms with Gasteiger partial charge >= 0.3 is 0 Å². The summed E-state index contributed by atoms with van der Waals surface area (Å²) >= 11 is 0. The standard InChI is InChI=1S/C15H13F2N5O3/c1-24-8-25-14-5-9(16)13(4-10(14)17)22-7-12(20-21-22)15(23)11-6-18-2-3-19-11/h2-7,15,23H,8H2,1H3. The third kappa shape index (κ3) is 3.59. The molecule has 1 aromatic carbocycles. The van der Waals surface area contributed by atoms with Crippen molar-refractivity contribution in [3.8, 4) is 11.4 Å². The summed E-state index contributed by atoms with van der Waals surface area (Å²) in [6, 6.07) is 1.79. The number of aliphatic hydroxyl groups excluding tert-OH is 1. The molecule has 0 radical (unpaired) electrons. The van der Waals surface area contributed by atoms with Crippen molar-refractivity contribution in [3.63, 3.8) is 0 Å². The summed E-state index contributed by atoms with van der Waals surface area (Å²) in [4.78, 5) is 7.80. The van der Waals surface area contributed by atoms with E-state index in [1.54, 1.807) is 0 Å². The number of aromatic nitrogens is 5. The van der Waals surface area contributed by atoms with E-state index >= 15 is 0 Å². The van der Waals surface area contributed by atoms with Gasteiger partial charge in [0, 0.05) is 31.6 Å². The maximum Gasteiger partial charge on any atom is 0.188 e. The van der Waals surface area contributed by atoms with Crippen LogP contribution in [0.1, 0.15) is 17.5 Å². The average Bonchev–Trinajstić information content (AvgIpc) is 3.12. The van der Waals surface area contributed by atoms with E-state index in [2.05, 4.69) is 25.0 Å². The van der Waals surface area contributed by atoms with Gasteiger partial charge in [-0.1, -0.05) is 5.21 Å². The molecule has 3 aromatic rings. The number of halogens is 2. The molecule has 0 spiro atoms. The largest absolute Gasteiger partial charge is 0.464 e. The molecule has 0 aliphatic carbocycles. The Hall–Kier alpha value is -2.98. The van der Waals surface area contributed by atoms with Crippen molar-refractivity contribution in [1.82, 2.24) is 25.0 Å². The Kier molecular flexibility index (Phi) is 4.91. The predicted molar refractivity (Wildman–Crippen MR) is 79.9 cm³/mol. The lowest BCUT2D eigenvalue weighted by molar-refractivity contribution is 0.0480. The summed E-state index contributed by atoms with van der Waals surface area (Å²) < 4.78 is 38.8. The van der Waals surface area contributed by atoms with Gasteiger partial charge < -0.3 is 14.6 Å². The van der Waals surface area contributed by atoms with Crippen molar-refractivity contribution >= 4 is 0 Å². The Balaban J connectivity index is 1.88. The van der Waals surface area contributed by atoms with Gasteiger partial charge in [-0.25, -0.2) is 13.5 Å². The molecule has 1 atom stereocenters. The highest BCUT2D eigenvalue weighted by Crippen LogP contribution is 2.25. The molecule has 0 fully saturated rings. The van der Waals surface area contributed by atoms with E-state index in [-0.39, 0.29) is 29.6 Å². The fourth-order valence-corrected chi connectivity index (χ4v) is 2.05. The zero-order valence-electron chi connectivity index (χ0n) is 13.0. The lowest BCUT2D eigenvalue weighted by Gasteiger charge is -2.09. The minimum atomic E-state index is -1.19. The molecule has 0 aliphatic rings. The Morgan fingerprint density at radius 1 is 1.20 bits per heavy atom. The van der Waals surface area contributed by atoms with Crippen molar-refractivity contribution < 1.29 is 23.4 Å². The van der Waals surface area contributed by atoms with Gasteiger partial charge in [0.1, 0.15) is 17.5 Å². The van der Waals surface area contributed by atoms with Gasteiger partial charge in [-0.2, -0.15) is 0 Å². The molecular formula is C15H13F2N5O3. The monoisotopic (exact) mass is 349 g/mol. The van der Waals surface area contributed by atoms with E-state index in [4.69, 9.17) is 4.74 Å². The molecule has 0 saturated heterocycles. The van der Waals surface area contributed by atoms with Gasteiger partial charge in [0.15, 0.2) is 24.2 Å². The molecule has 130 valence electrons. The number of hydrogen-bond donors (Lipinski definition) is 1. The molecule has 1 unspecified atom stereocenters. The Morgan fingerprint density at radius 3 is 2.76 bits per heavy atom. The average molecular weight is 349 g/mol. The number of nitrogens with zero attached hydrogens (tertiary/aromatic N) is 5. The number of benzene rings is 1. The van der Waals surface area contributed by atoms with Crippen LogP contribution in [0.5, 0.6) is 5.75 Å². The topological polar surface area (TPSA) is 95.2 Å². The molecule has 0 amide bonds. The van der Waals surface area contributed by atoms with Gasteiger partial charge in [-0.05, 0) is 0 Å². The molecule has 0 saturated carbocycles. The predicted octanol–water partition coefficient (Wildman–Crippen LogP) is 1.40. The van der Waals surface area contributed by atoms with E-state index in [0.717, 1.165) is 16.8 Å². The van der Waals surface area contributed by atoms with Crippen molar-refractivity contribution in [2.24, 2.45) is 0 Å². The summed E-state index contributed by atoms with van der Waals surface area (Å²) in [5, 5.41) is 17.7. The van der Waals surface area contributed by atoms with Crippen molar-refractivity contribution in [2.45, 2.75) is 6.10 Å². The maximum absolute atomic E-state index is 14.2. The number of hydrogen-bond acceptors (Lipinski definition) is 7. The van der Waals surface area contributed by atoms with Crippen LogP contribution in [0.25, 0.3) is 5.69 Å². The van der Waals surface area contributed by atoms with Gasteiger partial charge in [0.2, 0.25) is 0 Å². The number of rotatable bonds is 6. The van der Waals surface area contributed by atoms with E-state index in [9.17, 15) is 13.9 Å². The van der Waals surface area contributed by atoms with Crippen LogP contribution in [-0.2, 0) is 4.74 Å². The smallest absolute Gasteiger partial charge is 0.188 e. The molecule has 2 aromatic heterocycles. The van der Waals surface area contributed by atoms with Crippen LogP contribution >= 0.6 is 0 Å². The van der Waals surface area contributed by atoms with Crippen LogP contribution in [0.3, 0.4) is 0 Å². The van der Waals surface area contributed by atoms with Crippen molar-refractivity contribution in [2.75, 3.05) is 13.9 Å². The number of aliphatic hydroxyl groups is 1. The fourth-order valence-electron chi connectivity index (χ4n) is 2.05. The fraction of sp³-hybridized carbons (Fsp3) is 0.200. The SMILES string of the molecule is COCOc1cc(F)c(-n2cc(C(O)c3cnccn3)nn2)cc1F. The highest BCUT2D eigenvalue weighted by atomic mass is 19.1. The van der Waals surface area contributed by atoms with E-state index in [1.165, 1.54) is 31.9 Å². The van der Waals surface area contributed by atoms with Crippen molar-refractivity contribution in [1.29, 1.82) is 0 Å². The molecular weight excluding hydrogens is 336 g/mol. The lowest BCUT2D eigenvalue weighted by atomic mass is 10.2. The lowest BCUT2D eigenvalue weighted by Crippen LogP contribution is -2.05. The quantitative estimate of drug-likeness (QED) is 0.672. The van der Waals surface area contributed by atoms with Crippen LogP contribution in [0, 0.1) is 11.6 Å². The van der Waals surface area contributed by atoms with Crippen LogP contribution in [0.2, 0.25) is 0 Å².